The van der Waals surface area contributed by atoms with Gasteiger partial charge in [0, 0.05) is 6.10 Å². The molecule has 0 amide bonds. The van der Waals surface area contributed by atoms with Crippen molar-refractivity contribution in [1.29, 1.82) is 0 Å². The largest absolute Gasteiger partial charge is 0.414 e. The fourth-order valence-corrected chi connectivity index (χ4v) is 5.38. The van der Waals surface area contributed by atoms with E-state index in [2.05, 4.69) is 20.0 Å². The van der Waals surface area contributed by atoms with Crippen molar-refractivity contribution in [3.63, 3.8) is 0 Å². The van der Waals surface area contributed by atoms with Gasteiger partial charge >= 0.3 is 0 Å². The van der Waals surface area contributed by atoms with Crippen molar-refractivity contribution in [1.82, 2.24) is 0 Å². The van der Waals surface area contributed by atoms with E-state index in [4.69, 9.17) is 4.43 Å². The molecule has 1 saturated carbocycles. The molecule has 0 aromatic rings. The first-order valence-electron chi connectivity index (χ1n) is 8.32. The van der Waals surface area contributed by atoms with Crippen molar-refractivity contribution < 1.29 is 4.43 Å². The summed E-state index contributed by atoms with van der Waals surface area (Å²) < 4.78 is 6.45. The molecule has 0 spiro atoms. The molecule has 0 heterocycles. The Morgan fingerprint density at radius 3 is 2.17 bits per heavy atom. The van der Waals surface area contributed by atoms with Crippen molar-refractivity contribution in [3.8, 4) is 0 Å². The third kappa shape index (κ3) is 7.58. The Morgan fingerprint density at radius 1 is 0.889 bits per heavy atom. The number of rotatable bonds is 9. The van der Waals surface area contributed by atoms with Gasteiger partial charge in [0.05, 0.1) is 0 Å². The van der Waals surface area contributed by atoms with Crippen molar-refractivity contribution >= 4 is 8.32 Å². The molecule has 2 heteroatoms. The van der Waals surface area contributed by atoms with Gasteiger partial charge in [-0.15, -0.1) is 0 Å². The molecule has 1 aliphatic rings. The quantitative estimate of drug-likeness (QED) is 0.374. The Labute approximate surface area is 116 Å². The minimum Gasteiger partial charge on any atom is -0.414 e. The predicted molar refractivity (Wildman–Crippen MR) is 83.6 cm³/mol. The minimum atomic E-state index is -1.36. The van der Waals surface area contributed by atoms with Crippen LogP contribution in [0.2, 0.25) is 19.1 Å². The lowest BCUT2D eigenvalue weighted by atomic mass is 9.98. The van der Waals surface area contributed by atoms with Gasteiger partial charge in [-0.05, 0) is 32.0 Å². The van der Waals surface area contributed by atoms with Crippen LogP contribution in [0.4, 0.5) is 0 Å². The van der Waals surface area contributed by atoms with Gasteiger partial charge in [0.2, 0.25) is 0 Å². The fourth-order valence-electron chi connectivity index (χ4n) is 3.02. The van der Waals surface area contributed by atoms with Gasteiger partial charge in [0.15, 0.2) is 8.32 Å². The zero-order valence-corrected chi connectivity index (χ0v) is 14.0. The standard InChI is InChI=1S/C16H34OSi/c1-4-5-6-7-8-12-15-18(2,3)17-16-13-10-9-11-14-16/h16H,4-15H2,1-3H3. The number of unbranched alkanes of at least 4 members (excludes halogenated alkanes) is 5. The van der Waals surface area contributed by atoms with Crippen molar-refractivity contribution in [2.24, 2.45) is 0 Å². The molecule has 0 unspecified atom stereocenters. The van der Waals surface area contributed by atoms with Gasteiger partial charge in [-0.25, -0.2) is 0 Å². The van der Waals surface area contributed by atoms with Gasteiger partial charge in [0.1, 0.15) is 0 Å². The van der Waals surface area contributed by atoms with Gasteiger partial charge < -0.3 is 4.43 Å². The van der Waals surface area contributed by atoms with E-state index in [0.29, 0.717) is 6.10 Å². The molecular formula is C16H34OSi. The third-order valence-electron chi connectivity index (χ3n) is 4.17. The molecule has 1 fully saturated rings. The Kier molecular flexibility index (Phi) is 8.24. The second-order valence-corrected chi connectivity index (χ2v) is 10.9. The summed E-state index contributed by atoms with van der Waals surface area (Å²) in [7, 11) is -1.36. The topological polar surface area (TPSA) is 9.23 Å². The summed E-state index contributed by atoms with van der Waals surface area (Å²) in [5, 5.41) is 0. The predicted octanol–water partition coefficient (Wildman–Crippen LogP) is 5.90. The number of hydrogen-bond acceptors (Lipinski definition) is 1. The monoisotopic (exact) mass is 270 g/mol. The van der Waals surface area contributed by atoms with Crippen LogP contribution < -0.4 is 0 Å². The van der Waals surface area contributed by atoms with Crippen LogP contribution in [0.25, 0.3) is 0 Å². The molecule has 0 aromatic carbocycles. The van der Waals surface area contributed by atoms with E-state index in [9.17, 15) is 0 Å². The zero-order valence-electron chi connectivity index (χ0n) is 13.0. The molecule has 108 valence electrons. The zero-order chi connectivity index (χ0) is 13.3. The molecule has 0 radical (unpaired) electrons. The van der Waals surface area contributed by atoms with Crippen LogP contribution in [0, 0.1) is 0 Å². The first kappa shape index (κ1) is 16.2. The van der Waals surface area contributed by atoms with Crippen LogP contribution in [0.1, 0.15) is 77.6 Å². The van der Waals surface area contributed by atoms with E-state index in [-0.39, 0.29) is 0 Å². The summed E-state index contributed by atoms with van der Waals surface area (Å²) in [5.74, 6) is 0. The van der Waals surface area contributed by atoms with Gasteiger partial charge in [0.25, 0.3) is 0 Å². The molecule has 0 aliphatic heterocycles. The van der Waals surface area contributed by atoms with E-state index in [1.807, 2.05) is 0 Å². The van der Waals surface area contributed by atoms with Crippen LogP contribution in [0.5, 0.6) is 0 Å². The van der Waals surface area contributed by atoms with Crippen LogP contribution in [0.15, 0.2) is 0 Å². The average molecular weight is 271 g/mol. The van der Waals surface area contributed by atoms with Gasteiger partial charge in [-0.3, -0.25) is 0 Å². The second kappa shape index (κ2) is 9.14. The maximum atomic E-state index is 6.45. The molecule has 18 heavy (non-hydrogen) atoms. The SMILES string of the molecule is CCCCCCCC[Si](C)(C)OC1CCCCC1. The highest BCUT2D eigenvalue weighted by molar-refractivity contribution is 6.71. The van der Waals surface area contributed by atoms with E-state index < -0.39 is 8.32 Å². The first-order valence-corrected chi connectivity index (χ1v) is 11.4. The smallest absolute Gasteiger partial charge is 0.187 e. The lowest BCUT2D eigenvalue weighted by Crippen LogP contribution is -2.36. The maximum Gasteiger partial charge on any atom is 0.187 e. The maximum absolute atomic E-state index is 6.45. The third-order valence-corrected chi connectivity index (χ3v) is 6.70. The van der Waals surface area contributed by atoms with E-state index in [1.165, 1.54) is 76.7 Å². The molecule has 1 aliphatic carbocycles. The summed E-state index contributed by atoms with van der Waals surface area (Å²) in [6, 6.07) is 1.37. The second-order valence-electron chi connectivity index (χ2n) is 6.66. The highest BCUT2D eigenvalue weighted by Gasteiger charge is 2.26. The Morgan fingerprint density at radius 2 is 1.50 bits per heavy atom. The molecule has 0 aromatic heterocycles. The summed E-state index contributed by atoms with van der Waals surface area (Å²) in [6.07, 6.45) is 15.9. The molecule has 0 bridgehead atoms. The lowest BCUT2D eigenvalue weighted by molar-refractivity contribution is 0.145. The number of hydrogen-bond donors (Lipinski definition) is 0. The first-order chi connectivity index (χ1) is 8.64. The molecule has 1 rings (SSSR count). The fraction of sp³-hybridized carbons (Fsp3) is 1.00. The molecular weight excluding hydrogens is 236 g/mol. The normalized spacial score (nSPS) is 18.2. The molecule has 1 nitrogen and oxygen atoms in total. The van der Waals surface area contributed by atoms with E-state index in [1.54, 1.807) is 0 Å². The van der Waals surface area contributed by atoms with Crippen LogP contribution in [-0.2, 0) is 4.43 Å². The van der Waals surface area contributed by atoms with Gasteiger partial charge in [-0.2, -0.15) is 0 Å². The van der Waals surface area contributed by atoms with Gasteiger partial charge in [-0.1, -0.05) is 64.7 Å². The highest BCUT2D eigenvalue weighted by Crippen LogP contribution is 2.26. The molecule has 0 atom stereocenters. The lowest BCUT2D eigenvalue weighted by Gasteiger charge is -2.31. The van der Waals surface area contributed by atoms with Crippen molar-refractivity contribution in [2.75, 3.05) is 0 Å². The van der Waals surface area contributed by atoms with Crippen molar-refractivity contribution in [3.05, 3.63) is 0 Å². The average Bonchev–Trinajstić information content (AvgIpc) is 2.34. The Hall–Kier alpha value is 0.177. The highest BCUT2D eigenvalue weighted by atomic mass is 28.4. The summed E-state index contributed by atoms with van der Waals surface area (Å²) in [6.45, 7) is 7.13. The van der Waals surface area contributed by atoms with Crippen molar-refractivity contribution in [2.45, 2.75) is 103 Å². The summed E-state index contributed by atoms with van der Waals surface area (Å²) in [5.41, 5.74) is 0. The molecule has 0 saturated heterocycles. The summed E-state index contributed by atoms with van der Waals surface area (Å²) in [4.78, 5) is 0. The molecule has 0 N–H and O–H groups in total. The Bertz CT molecular complexity index is 197. The van der Waals surface area contributed by atoms with Crippen LogP contribution >= 0.6 is 0 Å². The summed E-state index contributed by atoms with van der Waals surface area (Å²) >= 11 is 0. The van der Waals surface area contributed by atoms with E-state index >= 15 is 0 Å². The van der Waals surface area contributed by atoms with Crippen LogP contribution in [-0.4, -0.2) is 14.4 Å². The van der Waals surface area contributed by atoms with E-state index in [0.717, 1.165) is 0 Å². The minimum absolute atomic E-state index is 0.612. The Balaban J connectivity index is 2.06. The van der Waals surface area contributed by atoms with Crippen LogP contribution in [0.3, 0.4) is 0 Å².